The van der Waals surface area contributed by atoms with E-state index >= 15 is 0 Å². The average molecular weight is 463 g/mol. The van der Waals surface area contributed by atoms with E-state index in [1.54, 1.807) is 21.7 Å². The summed E-state index contributed by atoms with van der Waals surface area (Å²) in [7, 11) is 0. The first-order chi connectivity index (χ1) is 16.0. The van der Waals surface area contributed by atoms with Gasteiger partial charge in [-0.15, -0.1) is 0 Å². The summed E-state index contributed by atoms with van der Waals surface area (Å²) in [4.78, 5) is 27.0. The van der Waals surface area contributed by atoms with Crippen LogP contribution in [-0.4, -0.2) is 39.6 Å². The summed E-state index contributed by atoms with van der Waals surface area (Å²) < 4.78 is 1.74. The monoisotopic (exact) mass is 462 g/mol. The van der Waals surface area contributed by atoms with Crippen molar-refractivity contribution in [1.82, 2.24) is 14.7 Å². The molecule has 0 radical (unpaired) electrons. The van der Waals surface area contributed by atoms with Gasteiger partial charge in [0.2, 0.25) is 11.8 Å². The van der Waals surface area contributed by atoms with Crippen LogP contribution in [0.15, 0.2) is 66.7 Å². The Morgan fingerprint density at radius 3 is 2.36 bits per heavy atom. The molecule has 7 heteroatoms. The summed E-state index contributed by atoms with van der Waals surface area (Å²) in [5.74, 6) is -0.161. The molecule has 2 amide bonds. The molecule has 0 bridgehead atoms. The normalized spacial score (nSPS) is 14.5. The van der Waals surface area contributed by atoms with Crippen LogP contribution >= 0.6 is 11.6 Å². The molecule has 33 heavy (non-hydrogen) atoms. The van der Waals surface area contributed by atoms with E-state index < -0.39 is 0 Å². The number of para-hydroxylation sites is 1. The summed E-state index contributed by atoms with van der Waals surface area (Å²) in [6.07, 6.45) is 4.58. The van der Waals surface area contributed by atoms with Gasteiger partial charge in [-0.2, -0.15) is 5.10 Å². The second-order valence-electron chi connectivity index (χ2n) is 8.22. The number of aryl methyl sites for hydroxylation is 1. The summed E-state index contributed by atoms with van der Waals surface area (Å²) >= 11 is 6.55. The van der Waals surface area contributed by atoms with Crippen LogP contribution in [0.2, 0.25) is 5.15 Å². The van der Waals surface area contributed by atoms with E-state index in [0.29, 0.717) is 37.6 Å². The van der Waals surface area contributed by atoms with E-state index in [-0.39, 0.29) is 17.7 Å². The van der Waals surface area contributed by atoms with Crippen molar-refractivity contribution in [3.63, 3.8) is 0 Å². The smallest absolute Gasteiger partial charge is 0.246 e. The molecule has 1 aromatic heterocycles. The second kappa shape index (κ2) is 10.5. The minimum Gasteiger partial charge on any atom is -0.339 e. The lowest BCUT2D eigenvalue weighted by molar-refractivity contribution is -0.130. The zero-order chi connectivity index (χ0) is 23.2. The van der Waals surface area contributed by atoms with Gasteiger partial charge in [0.05, 0.1) is 12.2 Å². The van der Waals surface area contributed by atoms with E-state index in [9.17, 15) is 9.59 Å². The summed E-state index contributed by atoms with van der Waals surface area (Å²) in [6.45, 7) is 3.56. The number of nitrogens with zero attached hydrogens (tertiary/aromatic N) is 3. The zero-order valence-corrected chi connectivity index (χ0v) is 19.3. The number of benzene rings is 2. The molecule has 4 rings (SSSR count). The van der Waals surface area contributed by atoms with Crippen LogP contribution in [-0.2, 0) is 16.1 Å². The number of anilines is 1. The molecule has 3 aromatic rings. The number of rotatable bonds is 6. The Balaban J connectivity index is 1.33. The standard InChI is InChI=1S/C26H27ClN4O2/c1-19-23(25(27)31(29-19)18-20-8-4-2-5-9-20)12-13-24(32)30-16-14-21(15-17-30)26(33)28-22-10-6-3-7-11-22/h2-13,21H,14-18H2,1H3,(H,28,33)/b13-12+. The largest absolute Gasteiger partial charge is 0.339 e. The Kier molecular flexibility index (Phi) is 7.25. The van der Waals surface area contributed by atoms with Gasteiger partial charge < -0.3 is 10.2 Å². The third-order valence-corrected chi connectivity index (χ3v) is 6.29. The molecule has 1 fully saturated rings. The molecule has 1 saturated heterocycles. The van der Waals surface area contributed by atoms with Gasteiger partial charge in [0.15, 0.2) is 0 Å². The van der Waals surface area contributed by atoms with Gasteiger partial charge in [-0.25, -0.2) is 4.68 Å². The SMILES string of the molecule is Cc1nn(Cc2ccccc2)c(Cl)c1/C=C/C(=O)N1CCC(C(=O)Nc2ccccc2)CC1. The summed E-state index contributed by atoms with van der Waals surface area (Å²) in [5, 5.41) is 7.99. The maximum atomic E-state index is 12.7. The van der Waals surface area contributed by atoms with Crippen LogP contribution in [0.1, 0.15) is 29.7 Å². The number of carbonyl (C=O) groups excluding carboxylic acids is 2. The second-order valence-corrected chi connectivity index (χ2v) is 8.58. The van der Waals surface area contributed by atoms with Crippen molar-refractivity contribution < 1.29 is 9.59 Å². The first-order valence-electron chi connectivity index (χ1n) is 11.1. The predicted molar refractivity (Wildman–Crippen MR) is 131 cm³/mol. The van der Waals surface area contributed by atoms with E-state index in [0.717, 1.165) is 22.5 Å². The Morgan fingerprint density at radius 2 is 1.70 bits per heavy atom. The first kappa shape index (κ1) is 22.8. The Hall–Kier alpha value is -3.38. The number of amides is 2. The Bertz CT molecular complexity index is 1130. The molecule has 1 aliphatic rings. The van der Waals surface area contributed by atoms with Gasteiger partial charge in [-0.3, -0.25) is 9.59 Å². The minimum atomic E-state index is -0.0915. The van der Waals surface area contributed by atoms with Crippen molar-refractivity contribution in [1.29, 1.82) is 0 Å². The van der Waals surface area contributed by atoms with E-state index in [1.165, 1.54) is 0 Å². The number of hydrogen-bond acceptors (Lipinski definition) is 3. The van der Waals surface area contributed by atoms with E-state index in [1.807, 2.05) is 67.6 Å². The minimum absolute atomic E-state index is 0.0112. The molecule has 2 heterocycles. The Morgan fingerprint density at radius 1 is 1.06 bits per heavy atom. The number of carbonyl (C=O) groups is 2. The van der Waals surface area contributed by atoms with Crippen LogP contribution in [0.5, 0.6) is 0 Å². The molecule has 170 valence electrons. The van der Waals surface area contributed by atoms with E-state index in [2.05, 4.69) is 10.4 Å². The maximum Gasteiger partial charge on any atom is 0.246 e. The molecule has 0 spiro atoms. The van der Waals surface area contributed by atoms with Crippen LogP contribution in [0.25, 0.3) is 6.08 Å². The molecule has 0 atom stereocenters. The predicted octanol–water partition coefficient (Wildman–Crippen LogP) is 4.78. The van der Waals surface area contributed by atoms with Crippen molar-refractivity contribution in [3.05, 3.63) is 88.7 Å². The lowest BCUT2D eigenvalue weighted by Crippen LogP contribution is -2.40. The molecular formula is C26H27ClN4O2. The Labute approximate surface area is 198 Å². The average Bonchev–Trinajstić information content (AvgIpc) is 3.10. The number of halogens is 1. The lowest BCUT2D eigenvalue weighted by Gasteiger charge is -2.30. The van der Waals surface area contributed by atoms with Crippen molar-refractivity contribution in [2.75, 3.05) is 18.4 Å². The fourth-order valence-corrected chi connectivity index (χ4v) is 4.30. The van der Waals surface area contributed by atoms with Crippen LogP contribution in [0.3, 0.4) is 0 Å². The van der Waals surface area contributed by atoms with Gasteiger partial charge >= 0.3 is 0 Å². The molecule has 0 aliphatic carbocycles. The highest BCUT2D eigenvalue weighted by Gasteiger charge is 2.26. The molecule has 1 N–H and O–H groups in total. The number of piperidine rings is 1. The van der Waals surface area contributed by atoms with Crippen molar-refractivity contribution in [2.24, 2.45) is 5.92 Å². The third-order valence-electron chi connectivity index (χ3n) is 5.90. The quantitative estimate of drug-likeness (QED) is 0.536. The number of aromatic nitrogens is 2. The third kappa shape index (κ3) is 5.71. The molecular weight excluding hydrogens is 436 g/mol. The highest BCUT2D eigenvalue weighted by atomic mass is 35.5. The van der Waals surface area contributed by atoms with Gasteiger partial charge in [0.1, 0.15) is 5.15 Å². The van der Waals surface area contributed by atoms with Crippen molar-refractivity contribution in [3.8, 4) is 0 Å². The van der Waals surface area contributed by atoms with Crippen LogP contribution in [0.4, 0.5) is 5.69 Å². The lowest BCUT2D eigenvalue weighted by atomic mass is 9.95. The highest BCUT2D eigenvalue weighted by molar-refractivity contribution is 6.31. The van der Waals surface area contributed by atoms with Crippen LogP contribution in [0, 0.1) is 12.8 Å². The van der Waals surface area contributed by atoms with Crippen molar-refractivity contribution >= 4 is 35.2 Å². The number of hydrogen-bond donors (Lipinski definition) is 1. The fraction of sp³-hybridized carbons (Fsp3) is 0.269. The van der Waals surface area contributed by atoms with Gasteiger partial charge in [0.25, 0.3) is 0 Å². The van der Waals surface area contributed by atoms with Gasteiger partial charge in [-0.1, -0.05) is 60.1 Å². The summed E-state index contributed by atoms with van der Waals surface area (Å²) in [6, 6.07) is 19.4. The molecule has 0 unspecified atom stereocenters. The van der Waals surface area contributed by atoms with Gasteiger partial charge in [0, 0.05) is 36.3 Å². The maximum absolute atomic E-state index is 12.7. The zero-order valence-electron chi connectivity index (χ0n) is 18.6. The first-order valence-corrected chi connectivity index (χ1v) is 11.5. The molecule has 0 saturated carbocycles. The van der Waals surface area contributed by atoms with E-state index in [4.69, 9.17) is 11.6 Å². The van der Waals surface area contributed by atoms with Crippen molar-refractivity contribution in [2.45, 2.75) is 26.3 Å². The fourth-order valence-electron chi connectivity index (χ4n) is 4.01. The topological polar surface area (TPSA) is 67.2 Å². The summed E-state index contributed by atoms with van der Waals surface area (Å²) in [5.41, 5.74) is 3.42. The molecule has 2 aromatic carbocycles. The number of likely N-dealkylation sites (tertiary alicyclic amines) is 1. The molecule has 6 nitrogen and oxygen atoms in total. The van der Waals surface area contributed by atoms with Gasteiger partial charge in [-0.05, 0) is 43.5 Å². The molecule has 1 aliphatic heterocycles. The van der Waals surface area contributed by atoms with Crippen LogP contribution < -0.4 is 5.32 Å². The number of nitrogens with one attached hydrogen (secondary N) is 1. The highest BCUT2D eigenvalue weighted by Crippen LogP contribution is 2.23.